The minimum absolute atomic E-state index is 0.232. The fraction of sp³-hybridized carbons (Fsp3) is 0.391. The van der Waals surface area contributed by atoms with Crippen molar-refractivity contribution in [2.75, 3.05) is 11.4 Å². The standard InChI is InChI=1S/C23H25N/c1-15-12-18-10-7-11-24-21(18)19(13-15)23(3)14-16(2)20(22(23)24)17-8-5-4-6-9-17/h4-6,8-9,12-13,22H,7,10-11,14H2,1-3H3/t22-,23-/m0/s1. The predicted molar refractivity (Wildman–Crippen MR) is 102 cm³/mol. The van der Waals surface area contributed by atoms with Crippen molar-refractivity contribution < 1.29 is 0 Å². The van der Waals surface area contributed by atoms with Crippen molar-refractivity contribution >= 4 is 11.3 Å². The third-order valence-corrected chi connectivity index (χ3v) is 6.45. The van der Waals surface area contributed by atoms with Crippen LogP contribution in [-0.2, 0) is 11.8 Å². The van der Waals surface area contributed by atoms with Gasteiger partial charge in [-0.2, -0.15) is 0 Å². The van der Waals surface area contributed by atoms with E-state index >= 15 is 0 Å². The zero-order valence-corrected chi connectivity index (χ0v) is 14.9. The van der Waals surface area contributed by atoms with Gasteiger partial charge < -0.3 is 4.90 Å². The van der Waals surface area contributed by atoms with Gasteiger partial charge in [-0.1, -0.05) is 60.5 Å². The summed E-state index contributed by atoms with van der Waals surface area (Å²) in [5, 5.41) is 0. The molecule has 2 aliphatic heterocycles. The Morgan fingerprint density at radius 1 is 1.08 bits per heavy atom. The summed E-state index contributed by atoms with van der Waals surface area (Å²) in [6.45, 7) is 8.32. The largest absolute Gasteiger partial charge is 0.363 e. The number of aryl methyl sites for hydroxylation is 2. The van der Waals surface area contributed by atoms with Crippen molar-refractivity contribution in [1.82, 2.24) is 0 Å². The van der Waals surface area contributed by atoms with E-state index in [-0.39, 0.29) is 5.41 Å². The average molecular weight is 315 g/mol. The highest BCUT2D eigenvalue weighted by atomic mass is 15.2. The fourth-order valence-corrected chi connectivity index (χ4v) is 5.69. The van der Waals surface area contributed by atoms with Crippen LogP contribution in [0.5, 0.6) is 0 Å². The van der Waals surface area contributed by atoms with Gasteiger partial charge >= 0.3 is 0 Å². The lowest BCUT2D eigenvalue weighted by Gasteiger charge is -2.36. The molecule has 5 rings (SSSR count). The summed E-state index contributed by atoms with van der Waals surface area (Å²) in [7, 11) is 0. The zero-order valence-electron chi connectivity index (χ0n) is 14.9. The Hall–Kier alpha value is -2.02. The second-order valence-corrected chi connectivity index (χ2v) is 8.17. The SMILES string of the molecule is CC1=C(c2ccccc2)[C@@H]2N3CCCc4cc(C)cc(c43)[C@]2(C)C1. The predicted octanol–water partition coefficient (Wildman–Crippen LogP) is 5.26. The quantitative estimate of drug-likeness (QED) is 0.693. The van der Waals surface area contributed by atoms with Crippen molar-refractivity contribution in [2.24, 2.45) is 0 Å². The van der Waals surface area contributed by atoms with E-state index in [1.165, 1.54) is 36.9 Å². The number of hydrogen-bond acceptors (Lipinski definition) is 1. The normalized spacial score (nSPS) is 27.5. The van der Waals surface area contributed by atoms with E-state index in [0.717, 1.165) is 0 Å². The second-order valence-electron chi connectivity index (χ2n) is 8.17. The molecule has 0 spiro atoms. The van der Waals surface area contributed by atoms with Crippen LogP contribution in [0.2, 0.25) is 0 Å². The minimum Gasteiger partial charge on any atom is -0.363 e. The van der Waals surface area contributed by atoms with Crippen LogP contribution >= 0.6 is 0 Å². The van der Waals surface area contributed by atoms with Crippen LogP contribution in [0.25, 0.3) is 5.57 Å². The van der Waals surface area contributed by atoms with Gasteiger partial charge in [-0.3, -0.25) is 0 Å². The first kappa shape index (κ1) is 14.3. The lowest BCUT2D eigenvalue weighted by Crippen LogP contribution is -2.42. The van der Waals surface area contributed by atoms with E-state index in [9.17, 15) is 0 Å². The Morgan fingerprint density at radius 3 is 2.67 bits per heavy atom. The van der Waals surface area contributed by atoms with Gasteiger partial charge in [0.1, 0.15) is 0 Å². The first-order valence-corrected chi connectivity index (χ1v) is 9.25. The molecule has 24 heavy (non-hydrogen) atoms. The molecule has 0 unspecified atom stereocenters. The summed E-state index contributed by atoms with van der Waals surface area (Å²) in [5.74, 6) is 0. The van der Waals surface area contributed by atoms with E-state index in [4.69, 9.17) is 0 Å². The zero-order chi connectivity index (χ0) is 16.5. The Morgan fingerprint density at radius 2 is 1.88 bits per heavy atom. The molecule has 0 saturated carbocycles. The molecule has 2 aromatic rings. The number of hydrogen-bond donors (Lipinski definition) is 0. The number of benzene rings is 2. The summed E-state index contributed by atoms with van der Waals surface area (Å²) >= 11 is 0. The van der Waals surface area contributed by atoms with Gasteiger partial charge in [0.2, 0.25) is 0 Å². The molecular formula is C23H25N. The molecule has 2 aromatic carbocycles. The number of fused-ring (bicyclic) bond motifs is 3. The highest BCUT2D eigenvalue weighted by molar-refractivity contribution is 5.87. The first-order valence-electron chi connectivity index (χ1n) is 9.25. The van der Waals surface area contributed by atoms with E-state index < -0.39 is 0 Å². The molecule has 2 atom stereocenters. The third-order valence-electron chi connectivity index (χ3n) is 6.45. The molecule has 1 nitrogen and oxygen atoms in total. The van der Waals surface area contributed by atoms with Gasteiger partial charge in [0.15, 0.2) is 0 Å². The maximum absolute atomic E-state index is 2.74. The van der Waals surface area contributed by atoms with E-state index in [0.29, 0.717) is 6.04 Å². The molecule has 2 heterocycles. The van der Waals surface area contributed by atoms with Crippen LogP contribution in [0.3, 0.4) is 0 Å². The topological polar surface area (TPSA) is 3.24 Å². The van der Waals surface area contributed by atoms with Crippen LogP contribution in [0.4, 0.5) is 5.69 Å². The van der Waals surface area contributed by atoms with Crippen molar-refractivity contribution in [3.05, 3.63) is 70.3 Å². The Balaban J connectivity index is 1.74. The van der Waals surface area contributed by atoms with Crippen molar-refractivity contribution in [2.45, 2.75) is 51.5 Å². The van der Waals surface area contributed by atoms with Crippen LogP contribution in [0.1, 0.15) is 48.9 Å². The summed E-state index contributed by atoms with van der Waals surface area (Å²) < 4.78 is 0. The van der Waals surface area contributed by atoms with Crippen molar-refractivity contribution in [3.8, 4) is 0 Å². The minimum atomic E-state index is 0.232. The van der Waals surface area contributed by atoms with Gasteiger partial charge in [-0.25, -0.2) is 0 Å². The number of rotatable bonds is 1. The van der Waals surface area contributed by atoms with Crippen LogP contribution < -0.4 is 4.90 Å². The fourth-order valence-electron chi connectivity index (χ4n) is 5.69. The van der Waals surface area contributed by atoms with Gasteiger partial charge in [0.25, 0.3) is 0 Å². The Bertz CT molecular complexity index is 861. The highest BCUT2D eigenvalue weighted by Crippen LogP contribution is 2.59. The molecule has 0 saturated heterocycles. The molecule has 1 heteroatoms. The lowest BCUT2D eigenvalue weighted by atomic mass is 9.76. The first-order chi connectivity index (χ1) is 11.6. The van der Waals surface area contributed by atoms with E-state index in [1.807, 2.05) is 0 Å². The Kier molecular flexibility index (Phi) is 2.84. The molecule has 1 aliphatic carbocycles. The summed E-state index contributed by atoms with van der Waals surface area (Å²) in [6, 6.07) is 16.5. The maximum Gasteiger partial charge on any atom is 0.0645 e. The Labute approximate surface area is 145 Å². The number of allylic oxidation sites excluding steroid dienone is 1. The van der Waals surface area contributed by atoms with Gasteiger partial charge in [-0.15, -0.1) is 0 Å². The number of anilines is 1. The van der Waals surface area contributed by atoms with Crippen LogP contribution in [0, 0.1) is 6.92 Å². The molecule has 0 aromatic heterocycles. The molecule has 3 aliphatic rings. The molecule has 0 bridgehead atoms. The molecular weight excluding hydrogens is 290 g/mol. The van der Waals surface area contributed by atoms with E-state index in [2.05, 4.69) is 68.1 Å². The summed E-state index contributed by atoms with van der Waals surface area (Å²) in [4.78, 5) is 2.74. The highest BCUT2D eigenvalue weighted by Gasteiger charge is 2.54. The van der Waals surface area contributed by atoms with E-state index in [1.54, 1.807) is 28.0 Å². The monoisotopic (exact) mass is 315 g/mol. The molecule has 122 valence electrons. The smallest absolute Gasteiger partial charge is 0.0645 e. The van der Waals surface area contributed by atoms with Gasteiger partial charge in [0, 0.05) is 17.6 Å². The maximum atomic E-state index is 2.74. The summed E-state index contributed by atoms with van der Waals surface area (Å²) in [6.07, 6.45) is 3.71. The second kappa shape index (κ2) is 4.75. The van der Waals surface area contributed by atoms with Crippen LogP contribution in [0.15, 0.2) is 48.0 Å². The van der Waals surface area contributed by atoms with Gasteiger partial charge in [0.05, 0.1) is 6.04 Å². The van der Waals surface area contributed by atoms with Crippen molar-refractivity contribution in [1.29, 1.82) is 0 Å². The van der Waals surface area contributed by atoms with Crippen LogP contribution in [-0.4, -0.2) is 12.6 Å². The third kappa shape index (κ3) is 1.70. The average Bonchev–Trinajstić information content (AvgIpc) is 2.97. The number of nitrogens with zero attached hydrogens (tertiary/aromatic N) is 1. The molecule has 0 amide bonds. The van der Waals surface area contributed by atoms with Crippen molar-refractivity contribution in [3.63, 3.8) is 0 Å². The van der Waals surface area contributed by atoms with Gasteiger partial charge in [-0.05, 0) is 55.4 Å². The molecule has 0 N–H and O–H groups in total. The lowest BCUT2D eigenvalue weighted by molar-refractivity contribution is 0.460. The molecule has 0 radical (unpaired) electrons. The molecule has 0 fully saturated rings. The summed E-state index contributed by atoms with van der Waals surface area (Å²) in [5.41, 5.74) is 11.0.